The molecule has 0 saturated heterocycles. The maximum Gasteiger partial charge on any atom is 0.0992 e. The summed E-state index contributed by atoms with van der Waals surface area (Å²) in [6.45, 7) is 6.31. The van der Waals surface area contributed by atoms with Gasteiger partial charge in [0.05, 0.1) is 23.0 Å². The molecule has 4 heteroatoms. The van der Waals surface area contributed by atoms with Gasteiger partial charge in [0.15, 0.2) is 0 Å². The van der Waals surface area contributed by atoms with E-state index in [-0.39, 0.29) is 0 Å². The van der Waals surface area contributed by atoms with Gasteiger partial charge in [0, 0.05) is 12.6 Å². The number of benzene rings is 1. The quantitative estimate of drug-likeness (QED) is 0.597. The SMILES string of the molecule is CC(C)N(C)CCCNc1ccc(C#N)cc1N. The summed E-state index contributed by atoms with van der Waals surface area (Å²) < 4.78 is 0. The van der Waals surface area contributed by atoms with E-state index in [1.807, 2.05) is 6.07 Å². The van der Waals surface area contributed by atoms with Crippen LogP contribution in [0.25, 0.3) is 0 Å². The maximum atomic E-state index is 8.75. The third-order valence-electron chi connectivity index (χ3n) is 3.07. The van der Waals surface area contributed by atoms with Crippen LogP contribution in [-0.4, -0.2) is 31.1 Å². The Morgan fingerprint density at radius 3 is 2.72 bits per heavy atom. The lowest BCUT2D eigenvalue weighted by molar-refractivity contribution is 0.273. The zero-order valence-electron chi connectivity index (χ0n) is 11.4. The van der Waals surface area contributed by atoms with Gasteiger partial charge in [-0.3, -0.25) is 0 Å². The number of nitriles is 1. The zero-order valence-corrected chi connectivity index (χ0v) is 11.4. The van der Waals surface area contributed by atoms with Crippen LogP contribution in [0.3, 0.4) is 0 Å². The Hall–Kier alpha value is -1.73. The van der Waals surface area contributed by atoms with Gasteiger partial charge in [-0.25, -0.2) is 0 Å². The summed E-state index contributed by atoms with van der Waals surface area (Å²) in [5.41, 5.74) is 7.99. The molecule has 0 spiro atoms. The van der Waals surface area contributed by atoms with E-state index in [9.17, 15) is 0 Å². The van der Waals surface area contributed by atoms with Gasteiger partial charge in [-0.1, -0.05) is 0 Å². The highest BCUT2D eigenvalue weighted by molar-refractivity contribution is 5.68. The van der Waals surface area contributed by atoms with Crippen LogP contribution in [0, 0.1) is 11.3 Å². The summed E-state index contributed by atoms with van der Waals surface area (Å²) in [6.07, 6.45) is 1.06. The van der Waals surface area contributed by atoms with E-state index in [1.54, 1.807) is 12.1 Å². The lowest BCUT2D eigenvalue weighted by Crippen LogP contribution is -2.28. The predicted molar refractivity (Wildman–Crippen MR) is 76.4 cm³/mol. The molecular formula is C14H22N4. The Bertz CT molecular complexity index is 420. The second-order valence-corrected chi connectivity index (χ2v) is 4.77. The van der Waals surface area contributed by atoms with E-state index in [2.05, 4.69) is 37.2 Å². The Morgan fingerprint density at radius 2 is 2.17 bits per heavy atom. The number of anilines is 2. The first kappa shape index (κ1) is 14.3. The molecule has 1 aromatic carbocycles. The second kappa shape index (κ2) is 6.87. The molecule has 4 nitrogen and oxygen atoms in total. The fourth-order valence-corrected chi connectivity index (χ4v) is 1.60. The lowest BCUT2D eigenvalue weighted by Gasteiger charge is -2.21. The second-order valence-electron chi connectivity index (χ2n) is 4.77. The topological polar surface area (TPSA) is 65.1 Å². The van der Waals surface area contributed by atoms with Crippen LogP contribution in [0.4, 0.5) is 11.4 Å². The summed E-state index contributed by atoms with van der Waals surface area (Å²) in [6, 6.07) is 7.98. The summed E-state index contributed by atoms with van der Waals surface area (Å²) in [4.78, 5) is 2.31. The summed E-state index contributed by atoms with van der Waals surface area (Å²) in [7, 11) is 2.13. The number of hydrogen-bond donors (Lipinski definition) is 2. The summed E-state index contributed by atoms with van der Waals surface area (Å²) in [5, 5.41) is 12.0. The number of nitrogen functional groups attached to an aromatic ring is 1. The summed E-state index contributed by atoms with van der Waals surface area (Å²) >= 11 is 0. The first-order valence-corrected chi connectivity index (χ1v) is 6.28. The van der Waals surface area contributed by atoms with E-state index in [0.717, 1.165) is 25.2 Å². The van der Waals surface area contributed by atoms with Crippen molar-refractivity contribution in [3.05, 3.63) is 23.8 Å². The van der Waals surface area contributed by atoms with E-state index in [0.29, 0.717) is 17.3 Å². The number of rotatable bonds is 6. The highest BCUT2D eigenvalue weighted by Gasteiger charge is 2.03. The molecule has 0 aliphatic heterocycles. The number of nitrogens with one attached hydrogen (secondary N) is 1. The van der Waals surface area contributed by atoms with Gasteiger partial charge in [-0.15, -0.1) is 0 Å². The largest absolute Gasteiger partial charge is 0.397 e. The van der Waals surface area contributed by atoms with Crippen molar-refractivity contribution in [2.45, 2.75) is 26.3 Å². The molecule has 0 atom stereocenters. The first-order chi connectivity index (χ1) is 8.54. The van der Waals surface area contributed by atoms with Gasteiger partial charge in [0.25, 0.3) is 0 Å². The minimum absolute atomic E-state index is 0.574. The molecule has 3 N–H and O–H groups in total. The Labute approximate surface area is 109 Å². The van der Waals surface area contributed by atoms with Crippen LogP contribution in [0.15, 0.2) is 18.2 Å². The van der Waals surface area contributed by atoms with Crippen molar-refractivity contribution in [1.82, 2.24) is 4.90 Å². The van der Waals surface area contributed by atoms with E-state index in [4.69, 9.17) is 11.0 Å². The van der Waals surface area contributed by atoms with Crippen LogP contribution >= 0.6 is 0 Å². The smallest absolute Gasteiger partial charge is 0.0992 e. The molecule has 18 heavy (non-hydrogen) atoms. The predicted octanol–water partition coefficient (Wildman–Crippen LogP) is 2.28. The van der Waals surface area contributed by atoms with Crippen LogP contribution in [0.2, 0.25) is 0 Å². The maximum absolute atomic E-state index is 8.75. The van der Waals surface area contributed by atoms with Crippen LogP contribution in [0.1, 0.15) is 25.8 Å². The normalized spacial score (nSPS) is 10.7. The molecule has 98 valence electrons. The zero-order chi connectivity index (χ0) is 13.5. The van der Waals surface area contributed by atoms with Gasteiger partial charge in [-0.2, -0.15) is 5.26 Å². The van der Waals surface area contributed by atoms with Gasteiger partial charge in [-0.05, 0) is 52.1 Å². The van der Waals surface area contributed by atoms with Crippen molar-refractivity contribution in [3.8, 4) is 6.07 Å². The number of nitrogens with zero attached hydrogens (tertiary/aromatic N) is 2. The minimum atomic E-state index is 0.574. The van der Waals surface area contributed by atoms with Crippen molar-refractivity contribution in [1.29, 1.82) is 5.26 Å². The first-order valence-electron chi connectivity index (χ1n) is 6.28. The monoisotopic (exact) mass is 246 g/mol. The number of hydrogen-bond acceptors (Lipinski definition) is 4. The molecular weight excluding hydrogens is 224 g/mol. The standard InChI is InChI=1S/C14H22N4/c1-11(2)18(3)8-4-7-17-14-6-5-12(10-15)9-13(14)16/h5-6,9,11,17H,4,7-8,16H2,1-3H3. The third kappa shape index (κ3) is 4.27. The molecule has 1 aromatic rings. The highest BCUT2D eigenvalue weighted by Crippen LogP contribution is 2.19. The molecule has 0 heterocycles. The Morgan fingerprint density at radius 1 is 1.44 bits per heavy atom. The number of nitrogens with two attached hydrogens (primary N) is 1. The van der Waals surface area contributed by atoms with Crippen molar-refractivity contribution in [2.24, 2.45) is 0 Å². The lowest BCUT2D eigenvalue weighted by atomic mass is 10.2. The molecule has 0 saturated carbocycles. The van der Waals surface area contributed by atoms with Gasteiger partial charge >= 0.3 is 0 Å². The van der Waals surface area contributed by atoms with Crippen molar-refractivity contribution >= 4 is 11.4 Å². The van der Waals surface area contributed by atoms with E-state index < -0.39 is 0 Å². The van der Waals surface area contributed by atoms with Crippen molar-refractivity contribution < 1.29 is 0 Å². The van der Waals surface area contributed by atoms with Gasteiger partial charge < -0.3 is 16.0 Å². The molecule has 1 rings (SSSR count). The fourth-order valence-electron chi connectivity index (χ4n) is 1.60. The van der Waals surface area contributed by atoms with Crippen LogP contribution in [-0.2, 0) is 0 Å². The van der Waals surface area contributed by atoms with Crippen molar-refractivity contribution in [2.75, 3.05) is 31.2 Å². The Balaban J connectivity index is 2.38. The Kier molecular flexibility index (Phi) is 5.47. The molecule has 0 fully saturated rings. The molecule has 0 aliphatic rings. The molecule has 0 radical (unpaired) electrons. The third-order valence-corrected chi connectivity index (χ3v) is 3.07. The van der Waals surface area contributed by atoms with Gasteiger partial charge in [0.1, 0.15) is 0 Å². The average molecular weight is 246 g/mol. The fraction of sp³-hybridized carbons (Fsp3) is 0.500. The van der Waals surface area contributed by atoms with Crippen molar-refractivity contribution in [3.63, 3.8) is 0 Å². The molecule has 0 unspecified atom stereocenters. The molecule has 0 aliphatic carbocycles. The van der Waals surface area contributed by atoms with E-state index >= 15 is 0 Å². The highest BCUT2D eigenvalue weighted by atomic mass is 15.1. The minimum Gasteiger partial charge on any atom is -0.397 e. The van der Waals surface area contributed by atoms with Gasteiger partial charge in [0.2, 0.25) is 0 Å². The average Bonchev–Trinajstić information content (AvgIpc) is 2.35. The van der Waals surface area contributed by atoms with Crippen LogP contribution < -0.4 is 11.1 Å². The van der Waals surface area contributed by atoms with E-state index in [1.165, 1.54) is 0 Å². The molecule has 0 amide bonds. The molecule has 0 aromatic heterocycles. The summed E-state index contributed by atoms with van der Waals surface area (Å²) in [5.74, 6) is 0. The van der Waals surface area contributed by atoms with Crippen LogP contribution in [0.5, 0.6) is 0 Å². The molecule has 0 bridgehead atoms.